The predicted octanol–water partition coefficient (Wildman–Crippen LogP) is 4.18. The number of hydrogen-bond acceptors (Lipinski definition) is 3. The first-order chi connectivity index (χ1) is 9.81. The molecule has 1 heterocycles. The summed E-state index contributed by atoms with van der Waals surface area (Å²) in [7, 11) is 0. The molecule has 2 aromatic rings. The van der Waals surface area contributed by atoms with E-state index in [-0.39, 0.29) is 23.3 Å². The van der Waals surface area contributed by atoms with Crippen molar-refractivity contribution in [1.82, 2.24) is 4.98 Å². The van der Waals surface area contributed by atoms with Crippen LogP contribution in [0.1, 0.15) is 11.1 Å². The van der Waals surface area contributed by atoms with Crippen LogP contribution in [0.4, 0.5) is 17.6 Å². The summed E-state index contributed by atoms with van der Waals surface area (Å²) in [6.45, 7) is -0.290. The number of ether oxygens (including phenoxy) is 1. The van der Waals surface area contributed by atoms with Crippen molar-refractivity contribution in [3.8, 4) is 11.6 Å². The summed E-state index contributed by atoms with van der Waals surface area (Å²) in [6.07, 6.45) is -3.57. The first-order valence-corrected chi connectivity index (χ1v) is 5.99. The lowest BCUT2D eigenvalue weighted by atomic mass is 10.2. The third kappa shape index (κ3) is 3.62. The monoisotopic (exact) mass is 321 g/mol. The van der Waals surface area contributed by atoms with Crippen molar-refractivity contribution in [2.24, 2.45) is 0 Å². The minimum atomic E-state index is -4.83. The van der Waals surface area contributed by atoms with Gasteiger partial charge in [-0.2, -0.15) is 13.2 Å². The number of rotatable bonds is 3. The van der Waals surface area contributed by atoms with Crippen LogP contribution in [0.3, 0.4) is 0 Å². The van der Waals surface area contributed by atoms with Crippen molar-refractivity contribution < 1.29 is 27.4 Å². The molecule has 112 valence electrons. The van der Waals surface area contributed by atoms with Crippen LogP contribution in [-0.2, 0) is 12.8 Å². The smallest absolute Gasteiger partial charge is 0.419 e. The Morgan fingerprint density at radius 2 is 1.95 bits per heavy atom. The highest BCUT2D eigenvalue weighted by Gasteiger charge is 2.34. The molecule has 0 unspecified atom stereocenters. The molecule has 0 fully saturated rings. The Kier molecular flexibility index (Phi) is 4.34. The predicted molar refractivity (Wildman–Crippen MR) is 66.6 cm³/mol. The average molecular weight is 322 g/mol. The molecule has 1 N–H and O–H groups in total. The largest absolute Gasteiger partial charge is 0.438 e. The summed E-state index contributed by atoms with van der Waals surface area (Å²) in [4.78, 5) is 3.77. The summed E-state index contributed by atoms with van der Waals surface area (Å²) in [6, 6.07) is 3.56. The lowest BCUT2D eigenvalue weighted by Crippen LogP contribution is -2.08. The number of hydrogen-bond donors (Lipinski definition) is 1. The normalized spacial score (nSPS) is 11.5. The molecule has 21 heavy (non-hydrogen) atoms. The number of aliphatic hydroxyl groups excluding tert-OH is 1. The van der Waals surface area contributed by atoms with Crippen LogP contribution in [0, 0.1) is 5.82 Å². The highest BCUT2D eigenvalue weighted by molar-refractivity contribution is 6.31. The van der Waals surface area contributed by atoms with Gasteiger partial charge in [-0.05, 0) is 29.8 Å². The number of benzene rings is 1. The van der Waals surface area contributed by atoms with E-state index in [0.717, 1.165) is 6.07 Å². The molecule has 0 saturated carbocycles. The molecule has 8 heteroatoms. The molecule has 1 aromatic carbocycles. The molecule has 1 aromatic heterocycles. The Balaban J connectivity index is 2.32. The molecule has 3 nitrogen and oxygen atoms in total. The molecule has 0 amide bonds. The van der Waals surface area contributed by atoms with Crippen molar-refractivity contribution in [3.05, 3.63) is 52.4 Å². The van der Waals surface area contributed by atoms with E-state index >= 15 is 0 Å². The zero-order valence-electron chi connectivity index (χ0n) is 10.3. The number of aliphatic hydroxyl groups is 1. The van der Waals surface area contributed by atoms with Crippen molar-refractivity contribution in [2.75, 3.05) is 0 Å². The number of alkyl halides is 3. The van der Waals surface area contributed by atoms with Gasteiger partial charge in [0.15, 0.2) is 0 Å². The molecular weight excluding hydrogens is 314 g/mol. The average Bonchev–Trinajstić information content (AvgIpc) is 2.41. The van der Waals surface area contributed by atoms with Gasteiger partial charge >= 0.3 is 6.18 Å². The van der Waals surface area contributed by atoms with E-state index in [4.69, 9.17) is 21.4 Å². The van der Waals surface area contributed by atoms with E-state index in [1.165, 1.54) is 12.3 Å². The van der Waals surface area contributed by atoms with Gasteiger partial charge in [-0.15, -0.1) is 0 Å². The molecule has 0 spiro atoms. The molecule has 0 atom stereocenters. The third-order valence-corrected chi connectivity index (χ3v) is 2.78. The standard InChI is InChI=1S/C13H8ClF4NO2/c14-10-3-7(6-20)5-19-12(10)21-8-1-2-11(15)9(4-8)13(16,17)18/h1-5,20H,6H2. The Hall–Kier alpha value is -1.86. The summed E-state index contributed by atoms with van der Waals surface area (Å²) in [5.41, 5.74) is -1.02. The van der Waals surface area contributed by atoms with E-state index in [9.17, 15) is 17.6 Å². The zero-order chi connectivity index (χ0) is 15.6. The fourth-order valence-electron chi connectivity index (χ4n) is 1.52. The van der Waals surface area contributed by atoms with Crippen LogP contribution in [0.15, 0.2) is 30.5 Å². The van der Waals surface area contributed by atoms with Crippen molar-refractivity contribution >= 4 is 11.6 Å². The quantitative estimate of drug-likeness (QED) is 0.862. The van der Waals surface area contributed by atoms with Crippen molar-refractivity contribution in [1.29, 1.82) is 0 Å². The van der Waals surface area contributed by atoms with Gasteiger partial charge in [0, 0.05) is 6.20 Å². The van der Waals surface area contributed by atoms with Gasteiger partial charge in [0.05, 0.1) is 12.2 Å². The second kappa shape index (κ2) is 5.87. The molecular formula is C13H8ClF4NO2. The van der Waals surface area contributed by atoms with E-state index in [0.29, 0.717) is 17.7 Å². The third-order valence-electron chi connectivity index (χ3n) is 2.50. The van der Waals surface area contributed by atoms with Crippen LogP contribution >= 0.6 is 11.6 Å². The summed E-state index contributed by atoms with van der Waals surface area (Å²) in [5, 5.41) is 8.91. The molecule has 0 aliphatic rings. The van der Waals surface area contributed by atoms with Gasteiger partial charge in [-0.3, -0.25) is 0 Å². The SMILES string of the molecule is OCc1cnc(Oc2ccc(F)c(C(F)(F)F)c2)c(Cl)c1. The van der Waals surface area contributed by atoms with Crippen LogP contribution in [0.5, 0.6) is 11.6 Å². The van der Waals surface area contributed by atoms with E-state index in [1.54, 1.807) is 0 Å². The number of aromatic nitrogens is 1. The summed E-state index contributed by atoms with van der Waals surface area (Å²) >= 11 is 5.82. The maximum atomic E-state index is 13.1. The van der Waals surface area contributed by atoms with Gasteiger partial charge in [0.1, 0.15) is 16.6 Å². The minimum Gasteiger partial charge on any atom is -0.438 e. The molecule has 0 saturated heterocycles. The topological polar surface area (TPSA) is 42.4 Å². The van der Waals surface area contributed by atoms with E-state index < -0.39 is 17.6 Å². The summed E-state index contributed by atoms with van der Waals surface area (Å²) < 4.78 is 56.0. The van der Waals surface area contributed by atoms with Gasteiger partial charge in [0.25, 0.3) is 0 Å². The van der Waals surface area contributed by atoms with Gasteiger partial charge in [-0.1, -0.05) is 11.6 Å². The van der Waals surface area contributed by atoms with Crippen LogP contribution in [-0.4, -0.2) is 10.1 Å². The fourth-order valence-corrected chi connectivity index (χ4v) is 1.75. The van der Waals surface area contributed by atoms with Crippen molar-refractivity contribution in [2.45, 2.75) is 12.8 Å². The zero-order valence-corrected chi connectivity index (χ0v) is 11.0. The molecule has 0 aliphatic heterocycles. The number of nitrogens with zero attached hydrogens (tertiary/aromatic N) is 1. The Morgan fingerprint density at radius 1 is 1.24 bits per heavy atom. The van der Waals surface area contributed by atoms with E-state index in [2.05, 4.69) is 4.98 Å². The fraction of sp³-hybridized carbons (Fsp3) is 0.154. The second-order valence-electron chi connectivity index (χ2n) is 4.03. The van der Waals surface area contributed by atoms with Gasteiger partial charge in [0.2, 0.25) is 5.88 Å². The van der Waals surface area contributed by atoms with Crippen LogP contribution < -0.4 is 4.74 Å². The highest BCUT2D eigenvalue weighted by Crippen LogP contribution is 2.35. The molecule has 0 bridgehead atoms. The first-order valence-electron chi connectivity index (χ1n) is 5.61. The molecule has 0 aliphatic carbocycles. The first kappa shape index (κ1) is 15.5. The second-order valence-corrected chi connectivity index (χ2v) is 4.44. The minimum absolute atomic E-state index is 0.0134. The summed E-state index contributed by atoms with van der Waals surface area (Å²) in [5.74, 6) is -1.80. The van der Waals surface area contributed by atoms with E-state index in [1.807, 2.05) is 0 Å². The number of halogens is 5. The highest BCUT2D eigenvalue weighted by atomic mass is 35.5. The van der Waals surface area contributed by atoms with Crippen molar-refractivity contribution in [3.63, 3.8) is 0 Å². The maximum absolute atomic E-state index is 13.1. The maximum Gasteiger partial charge on any atom is 0.419 e. The van der Waals surface area contributed by atoms with Gasteiger partial charge in [-0.25, -0.2) is 9.37 Å². The molecule has 0 radical (unpaired) electrons. The van der Waals surface area contributed by atoms with Crippen LogP contribution in [0.2, 0.25) is 5.02 Å². The van der Waals surface area contributed by atoms with Crippen LogP contribution in [0.25, 0.3) is 0 Å². The Morgan fingerprint density at radius 3 is 2.52 bits per heavy atom. The Bertz CT molecular complexity index is 661. The lowest BCUT2D eigenvalue weighted by Gasteiger charge is -2.11. The Labute approximate surface area is 121 Å². The van der Waals surface area contributed by atoms with Gasteiger partial charge < -0.3 is 9.84 Å². The lowest BCUT2D eigenvalue weighted by molar-refractivity contribution is -0.140. The number of pyridine rings is 1. The molecule has 2 rings (SSSR count).